The van der Waals surface area contributed by atoms with Gasteiger partial charge in [0.1, 0.15) is 5.82 Å². The summed E-state index contributed by atoms with van der Waals surface area (Å²) in [5.74, 6) is 0.818. The minimum atomic E-state index is -0.205. The number of halogens is 2. The van der Waals surface area contributed by atoms with Crippen LogP contribution in [0.3, 0.4) is 0 Å². The van der Waals surface area contributed by atoms with Gasteiger partial charge in [0.05, 0.1) is 16.5 Å². The molecule has 5 nitrogen and oxygen atoms in total. The number of carbonyl (C=O) groups is 1. The lowest BCUT2D eigenvalue weighted by molar-refractivity contribution is -0.115. The maximum atomic E-state index is 11.8. The zero-order valence-corrected chi connectivity index (χ0v) is 12.0. The molecular formula is C12H12Cl2N4O. The standard InChI is InChI=1S/C12H12Cl2N4O/c1-7-15-12(17-18(7)2)16-11(19)6-8-3-4-9(13)10(14)5-8/h3-5H,6H2,1-2H3,(H,16,17,19). The summed E-state index contributed by atoms with van der Waals surface area (Å²) in [6, 6.07) is 5.08. The van der Waals surface area contributed by atoms with Crippen molar-refractivity contribution < 1.29 is 4.79 Å². The number of carbonyl (C=O) groups excluding carboxylic acids is 1. The first-order valence-corrected chi connectivity index (χ1v) is 6.32. The molecule has 1 N–H and O–H groups in total. The van der Waals surface area contributed by atoms with Crippen molar-refractivity contribution in [3.63, 3.8) is 0 Å². The largest absolute Gasteiger partial charge is 0.293 e. The van der Waals surface area contributed by atoms with Crippen molar-refractivity contribution in [2.75, 3.05) is 5.32 Å². The number of aryl methyl sites for hydroxylation is 2. The normalized spacial score (nSPS) is 10.5. The molecule has 0 aliphatic carbocycles. The Hall–Kier alpha value is -1.59. The van der Waals surface area contributed by atoms with E-state index in [1.165, 1.54) is 0 Å². The molecule has 100 valence electrons. The second-order valence-electron chi connectivity index (χ2n) is 4.08. The highest BCUT2D eigenvalue weighted by molar-refractivity contribution is 6.42. The summed E-state index contributed by atoms with van der Waals surface area (Å²) >= 11 is 11.7. The topological polar surface area (TPSA) is 59.8 Å². The van der Waals surface area contributed by atoms with E-state index in [0.717, 1.165) is 11.4 Å². The van der Waals surface area contributed by atoms with Crippen molar-refractivity contribution in [1.82, 2.24) is 14.8 Å². The van der Waals surface area contributed by atoms with Crippen LogP contribution in [0.4, 0.5) is 5.95 Å². The molecule has 0 radical (unpaired) electrons. The van der Waals surface area contributed by atoms with E-state index in [1.807, 2.05) is 6.92 Å². The van der Waals surface area contributed by atoms with Gasteiger partial charge in [-0.2, -0.15) is 4.98 Å². The predicted octanol–water partition coefficient (Wildman–Crippen LogP) is 2.61. The molecule has 1 amide bonds. The quantitative estimate of drug-likeness (QED) is 0.947. The minimum Gasteiger partial charge on any atom is -0.293 e. The molecular weight excluding hydrogens is 287 g/mol. The molecule has 0 aliphatic heterocycles. The molecule has 0 saturated heterocycles. The maximum absolute atomic E-state index is 11.8. The first-order chi connectivity index (χ1) is 8.95. The van der Waals surface area contributed by atoms with E-state index >= 15 is 0 Å². The first kappa shape index (κ1) is 13.8. The molecule has 1 aromatic heterocycles. The average Bonchev–Trinajstić information content (AvgIpc) is 2.63. The maximum Gasteiger partial charge on any atom is 0.248 e. The SMILES string of the molecule is Cc1nc(NC(=O)Cc2ccc(Cl)c(Cl)c2)nn1C. The van der Waals surface area contributed by atoms with Crippen LogP contribution in [0.5, 0.6) is 0 Å². The Morgan fingerprint density at radius 1 is 1.37 bits per heavy atom. The first-order valence-electron chi connectivity index (χ1n) is 5.57. The number of aromatic nitrogens is 3. The highest BCUT2D eigenvalue weighted by Gasteiger charge is 2.09. The van der Waals surface area contributed by atoms with E-state index < -0.39 is 0 Å². The Bertz CT molecular complexity index is 605. The Kier molecular flexibility index (Phi) is 4.07. The van der Waals surface area contributed by atoms with E-state index in [1.54, 1.807) is 29.9 Å². The minimum absolute atomic E-state index is 0.189. The van der Waals surface area contributed by atoms with Crippen molar-refractivity contribution in [2.24, 2.45) is 7.05 Å². The van der Waals surface area contributed by atoms with Crippen LogP contribution < -0.4 is 5.32 Å². The van der Waals surface area contributed by atoms with Crippen LogP contribution in [0.15, 0.2) is 18.2 Å². The van der Waals surface area contributed by atoms with Gasteiger partial charge in [0.25, 0.3) is 0 Å². The smallest absolute Gasteiger partial charge is 0.248 e. The van der Waals surface area contributed by atoms with Crippen LogP contribution in [0.25, 0.3) is 0 Å². The van der Waals surface area contributed by atoms with Gasteiger partial charge in [0.15, 0.2) is 0 Å². The zero-order chi connectivity index (χ0) is 14.0. The van der Waals surface area contributed by atoms with Gasteiger partial charge in [-0.25, -0.2) is 0 Å². The second kappa shape index (κ2) is 5.59. The molecule has 0 atom stereocenters. The summed E-state index contributed by atoms with van der Waals surface area (Å²) in [5, 5.41) is 7.57. The Labute approximate surface area is 120 Å². The molecule has 7 heteroatoms. The van der Waals surface area contributed by atoms with Crippen LogP contribution >= 0.6 is 23.2 Å². The number of nitrogens with zero attached hydrogens (tertiary/aromatic N) is 3. The van der Waals surface area contributed by atoms with Gasteiger partial charge in [0.2, 0.25) is 11.9 Å². The van der Waals surface area contributed by atoms with Gasteiger partial charge in [-0.1, -0.05) is 29.3 Å². The molecule has 19 heavy (non-hydrogen) atoms. The van der Waals surface area contributed by atoms with Gasteiger partial charge in [0, 0.05) is 7.05 Å². The van der Waals surface area contributed by atoms with Crippen LogP contribution in [0.1, 0.15) is 11.4 Å². The average molecular weight is 299 g/mol. The number of anilines is 1. The van der Waals surface area contributed by atoms with Crippen molar-refractivity contribution in [1.29, 1.82) is 0 Å². The van der Waals surface area contributed by atoms with E-state index in [0.29, 0.717) is 16.0 Å². The predicted molar refractivity (Wildman–Crippen MR) is 74.5 cm³/mol. The summed E-state index contributed by atoms with van der Waals surface area (Å²) in [6.45, 7) is 1.81. The summed E-state index contributed by atoms with van der Waals surface area (Å²) in [7, 11) is 1.76. The third-order valence-corrected chi connectivity index (χ3v) is 3.32. The van der Waals surface area contributed by atoms with Gasteiger partial charge in [-0.15, -0.1) is 5.10 Å². The van der Waals surface area contributed by atoms with E-state index in [-0.39, 0.29) is 12.3 Å². The second-order valence-corrected chi connectivity index (χ2v) is 4.89. The Balaban J connectivity index is 2.03. The molecule has 0 saturated carbocycles. The van der Waals surface area contributed by atoms with Gasteiger partial charge in [-0.3, -0.25) is 14.8 Å². The molecule has 0 bridgehead atoms. The van der Waals surface area contributed by atoms with E-state index in [9.17, 15) is 4.79 Å². The van der Waals surface area contributed by atoms with Crippen LogP contribution in [0, 0.1) is 6.92 Å². The van der Waals surface area contributed by atoms with Crippen LogP contribution in [-0.4, -0.2) is 20.7 Å². The molecule has 0 fully saturated rings. The van der Waals surface area contributed by atoms with Crippen molar-refractivity contribution in [2.45, 2.75) is 13.3 Å². The van der Waals surface area contributed by atoms with Crippen molar-refractivity contribution >= 4 is 35.1 Å². The Morgan fingerprint density at radius 2 is 2.11 bits per heavy atom. The highest BCUT2D eigenvalue weighted by atomic mass is 35.5. The number of rotatable bonds is 3. The van der Waals surface area contributed by atoms with E-state index in [4.69, 9.17) is 23.2 Å². The molecule has 0 spiro atoms. The van der Waals surface area contributed by atoms with Crippen molar-refractivity contribution in [3.05, 3.63) is 39.6 Å². The van der Waals surface area contributed by atoms with Crippen LogP contribution in [0.2, 0.25) is 10.0 Å². The molecule has 1 aromatic carbocycles. The summed E-state index contributed by atoms with van der Waals surface area (Å²) in [5.41, 5.74) is 0.777. The number of hydrogen-bond acceptors (Lipinski definition) is 3. The lowest BCUT2D eigenvalue weighted by atomic mass is 10.1. The van der Waals surface area contributed by atoms with Crippen molar-refractivity contribution in [3.8, 4) is 0 Å². The molecule has 0 unspecified atom stereocenters. The fourth-order valence-corrected chi connectivity index (χ4v) is 1.84. The van der Waals surface area contributed by atoms with Crippen LogP contribution in [-0.2, 0) is 18.3 Å². The van der Waals surface area contributed by atoms with Gasteiger partial charge in [-0.05, 0) is 24.6 Å². The summed E-state index contributed by atoms with van der Waals surface area (Å²) in [4.78, 5) is 15.9. The fourth-order valence-electron chi connectivity index (χ4n) is 1.52. The fraction of sp³-hybridized carbons (Fsp3) is 0.250. The monoisotopic (exact) mass is 298 g/mol. The third kappa shape index (κ3) is 3.45. The van der Waals surface area contributed by atoms with Gasteiger partial charge < -0.3 is 0 Å². The van der Waals surface area contributed by atoms with Gasteiger partial charge >= 0.3 is 0 Å². The van der Waals surface area contributed by atoms with E-state index in [2.05, 4.69) is 15.4 Å². The molecule has 2 aromatic rings. The summed E-state index contributed by atoms with van der Waals surface area (Å²) < 4.78 is 1.59. The summed E-state index contributed by atoms with van der Waals surface area (Å²) in [6.07, 6.45) is 0.189. The molecule has 1 heterocycles. The number of hydrogen-bond donors (Lipinski definition) is 1. The number of nitrogens with one attached hydrogen (secondary N) is 1. The third-order valence-electron chi connectivity index (χ3n) is 2.58. The lowest BCUT2D eigenvalue weighted by Crippen LogP contribution is -2.15. The Morgan fingerprint density at radius 3 is 2.68 bits per heavy atom. The number of benzene rings is 1. The lowest BCUT2D eigenvalue weighted by Gasteiger charge is -2.03. The molecule has 0 aliphatic rings. The number of amides is 1. The highest BCUT2D eigenvalue weighted by Crippen LogP contribution is 2.22. The molecule has 2 rings (SSSR count). The zero-order valence-electron chi connectivity index (χ0n) is 10.4.